The number of likely N-dealkylation sites (tertiary alicyclic amines) is 1. The number of nitrogens with zero attached hydrogens (tertiary/aromatic N) is 2. The lowest BCUT2D eigenvalue weighted by molar-refractivity contribution is 0.188. The van der Waals surface area contributed by atoms with E-state index in [-0.39, 0.29) is 6.10 Å². The molecule has 116 valence electrons. The smallest absolute Gasteiger partial charge is 0.194 e. The number of nitrogens with one attached hydrogen (secondary N) is 1. The van der Waals surface area contributed by atoms with Crippen LogP contribution in [0.2, 0.25) is 5.02 Å². The van der Waals surface area contributed by atoms with Crippen LogP contribution >= 0.6 is 11.6 Å². The molecule has 21 heavy (non-hydrogen) atoms. The van der Waals surface area contributed by atoms with Gasteiger partial charge in [0.1, 0.15) is 0 Å². The van der Waals surface area contributed by atoms with Crippen LogP contribution in [-0.2, 0) is 6.42 Å². The van der Waals surface area contributed by atoms with E-state index >= 15 is 0 Å². The Hall–Kier alpha value is -1.26. The van der Waals surface area contributed by atoms with E-state index < -0.39 is 0 Å². The molecule has 0 saturated carbocycles. The Kier molecular flexibility index (Phi) is 6.33. The van der Waals surface area contributed by atoms with Gasteiger partial charge in [0.15, 0.2) is 5.96 Å². The van der Waals surface area contributed by atoms with Gasteiger partial charge in [-0.15, -0.1) is 0 Å². The molecule has 1 fully saturated rings. The SMILES string of the molecule is CCNC(=NCCCc1ccccc1Cl)N1CC[C@@H](O)C1. The maximum Gasteiger partial charge on any atom is 0.194 e. The standard InChI is InChI=1S/C16H24ClN3O/c1-2-18-16(20-11-9-14(21)12-20)19-10-5-7-13-6-3-4-8-15(13)17/h3-4,6,8,14,21H,2,5,7,9-12H2,1H3,(H,18,19)/t14-/m1/s1. The monoisotopic (exact) mass is 309 g/mol. The molecular weight excluding hydrogens is 286 g/mol. The number of halogens is 1. The van der Waals surface area contributed by atoms with Crippen molar-refractivity contribution in [2.45, 2.75) is 32.3 Å². The summed E-state index contributed by atoms with van der Waals surface area (Å²) in [5, 5.41) is 13.8. The summed E-state index contributed by atoms with van der Waals surface area (Å²) in [4.78, 5) is 6.78. The average molecular weight is 310 g/mol. The Bertz CT molecular complexity index is 478. The number of aliphatic imine (C=N–C) groups is 1. The van der Waals surface area contributed by atoms with Crippen LogP contribution in [0.5, 0.6) is 0 Å². The number of β-amino-alcohol motifs (C(OH)–C–C–N with tert-alkyl or cyclic N) is 1. The molecule has 2 N–H and O–H groups in total. The van der Waals surface area contributed by atoms with Gasteiger partial charge in [0.2, 0.25) is 0 Å². The summed E-state index contributed by atoms with van der Waals surface area (Å²) in [6.07, 6.45) is 2.50. The zero-order valence-electron chi connectivity index (χ0n) is 12.6. The van der Waals surface area contributed by atoms with E-state index in [4.69, 9.17) is 11.6 Å². The second kappa shape index (κ2) is 8.25. The molecule has 5 heteroatoms. The van der Waals surface area contributed by atoms with Gasteiger partial charge in [-0.25, -0.2) is 0 Å². The first-order valence-electron chi connectivity index (χ1n) is 7.65. The topological polar surface area (TPSA) is 47.9 Å². The van der Waals surface area contributed by atoms with Crippen LogP contribution < -0.4 is 5.32 Å². The van der Waals surface area contributed by atoms with Crippen LogP contribution in [0.25, 0.3) is 0 Å². The van der Waals surface area contributed by atoms with Crippen molar-refractivity contribution in [3.05, 3.63) is 34.9 Å². The summed E-state index contributed by atoms with van der Waals surface area (Å²) < 4.78 is 0. The molecule has 0 unspecified atom stereocenters. The van der Waals surface area contributed by atoms with E-state index in [0.717, 1.165) is 49.9 Å². The van der Waals surface area contributed by atoms with Gasteiger partial charge in [0.25, 0.3) is 0 Å². The second-order valence-electron chi connectivity index (χ2n) is 5.32. The number of guanidine groups is 1. The van der Waals surface area contributed by atoms with E-state index in [1.807, 2.05) is 18.2 Å². The van der Waals surface area contributed by atoms with Crippen molar-refractivity contribution in [3.63, 3.8) is 0 Å². The summed E-state index contributed by atoms with van der Waals surface area (Å²) in [5.74, 6) is 0.910. The molecular formula is C16H24ClN3O. The average Bonchev–Trinajstić information content (AvgIpc) is 2.90. The molecule has 0 radical (unpaired) electrons. The van der Waals surface area contributed by atoms with E-state index in [9.17, 15) is 5.11 Å². The van der Waals surface area contributed by atoms with Gasteiger partial charge in [-0.3, -0.25) is 4.99 Å². The molecule has 1 saturated heterocycles. The molecule has 0 aromatic heterocycles. The Labute approximate surface area is 131 Å². The Morgan fingerprint density at radius 2 is 2.29 bits per heavy atom. The third-order valence-corrected chi connectivity index (χ3v) is 3.99. The van der Waals surface area contributed by atoms with Gasteiger partial charge in [-0.1, -0.05) is 29.8 Å². The van der Waals surface area contributed by atoms with Gasteiger partial charge in [-0.2, -0.15) is 0 Å². The van der Waals surface area contributed by atoms with Gasteiger partial charge >= 0.3 is 0 Å². The minimum absolute atomic E-state index is 0.225. The lowest BCUT2D eigenvalue weighted by Crippen LogP contribution is -2.40. The first-order chi connectivity index (χ1) is 10.2. The normalized spacial score (nSPS) is 19.1. The van der Waals surface area contributed by atoms with Gasteiger partial charge in [-0.05, 0) is 37.8 Å². The Balaban J connectivity index is 1.84. The molecule has 1 aromatic carbocycles. The highest BCUT2D eigenvalue weighted by Crippen LogP contribution is 2.16. The maximum atomic E-state index is 9.63. The van der Waals surface area contributed by atoms with Crippen molar-refractivity contribution >= 4 is 17.6 Å². The second-order valence-corrected chi connectivity index (χ2v) is 5.73. The number of aliphatic hydroxyl groups is 1. The Morgan fingerprint density at radius 1 is 1.48 bits per heavy atom. The number of aryl methyl sites for hydroxylation is 1. The molecule has 0 amide bonds. The zero-order valence-corrected chi connectivity index (χ0v) is 13.3. The molecule has 1 heterocycles. The number of hydrogen-bond donors (Lipinski definition) is 2. The summed E-state index contributed by atoms with van der Waals surface area (Å²) >= 11 is 6.15. The van der Waals surface area contributed by atoms with Gasteiger partial charge in [0, 0.05) is 31.2 Å². The van der Waals surface area contributed by atoms with Crippen molar-refractivity contribution in [3.8, 4) is 0 Å². The molecule has 1 aromatic rings. The van der Waals surface area contributed by atoms with Crippen LogP contribution in [0.1, 0.15) is 25.3 Å². The van der Waals surface area contributed by atoms with Crippen molar-refractivity contribution in [1.29, 1.82) is 0 Å². The van der Waals surface area contributed by atoms with Crippen LogP contribution in [-0.4, -0.2) is 48.2 Å². The lowest BCUT2D eigenvalue weighted by Gasteiger charge is -2.20. The number of hydrogen-bond acceptors (Lipinski definition) is 2. The van der Waals surface area contributed by atoms with Crippen molar-refractivity contribution < 1.29 is 5.11 Å². The predicted molar refractivity (Wildman–Crippen MR) is 87.9 cm³/mol. The first-order valence-corrected chi connectivity index (χ1v) is 8.03. The van der Waals surface area contributed by atoms with Crippen LogP contribution in [0.4, 0.5) is 0 Å². The van der Waals surface area contributed by atoms with Crippen LogP contribution in [0, 0.1) is 0 Å². The largest absolute Gasteiger partial charge is 0.391 e. The van der Waals surface area contributed by atoms with Crippen molar-refractivity contribution in [1.82, 2.24) is 10.2 Å². The van der Waals surface area contributed by atoms with E-state index in [1.54, 1.807) is 0 Å². The highest BCUT2D eigenvalue weighted by atomic mass is 35.5. The summed E-state index contributed by atoms with van der Waals surface area (Å²) in [7, 11) is 0. The maximum absolute atomic E-state index is 9.63. The number of benzene rings is 1. The van der Waals surface area contributed by atoms with Crippen LogP contribution in [0.15, 0.2) is 29.3 Å². The minimum Gasteiger partial charge on any atom is -0.391 e. The lowest BCUT2D eigenvalue weighted by atomic mass is 10.1. The fourth-order valence-electron chi connectivity index (χ4n) is 2.52. The van der Waals surface area contributed by atoms with Gasteiger partial charge < -0.3 is 15.3 Å². The van der Waals surface area contributed by atoms with Crippen molar-refractivity contribution in [2.24, 2.45) is 4.99 Å². The first kappa shape index (κ1) is 16.1. The van der Waals surface area contributed by atoms with Crippen molar-refractivity contribution in [2.75, 3.05) is 26.2 Å². The summed E-state index contributed by atoms with van der Waals surface area (Å²) in [6, 6.07) is 7.95. The molecule has 1 atom stereocenters. The molecule has 1 aliphatic rings. The van der Waals surface area contributed by atoms with Crippen LogP contribution in [0.3, 0.4) is 0 Å². The fraction of sp³-hybridized carbons (Fsp3) is 0.562. The Morgan fingerprint density at radius 3 is 2.95 bits per heavy atom. The molecule has 2 rings (SSSR count). The summed E-state index contributed by atoms with van der Waals surface area (Å²) in [6.45, 7) is 5.22. The van der Waals surface area contributed by atoms with Gasteiger partial charge in [0.05, 0.1) is 6.10 Å². The van der Waals surface area contributed by atoms with E-state index in [2.05, 4.69) is 28.2 Å². The number of aliphatic hydroxyl groups excluding tert-OH is 1. The molecule has 1 aliphatic heterocycles. The predicted octanol–water partition coefficient (Wildman–Crippen LogP) is 2.30. The third kappa shape index (κ3) is 4.90. The molecule has 0 spiro atoms. The quantitative estimate of drug-likeness (QED) is 0.498. The third-order valence-electron chi connectivity index (χ3n) is 3.62. The molecule has 0 bridgehead atoms. The van der Waals surface area contributed by atoms with E-state index in [1.165, 1.54) is 5.56 Å². The zero-order chi connectivity index (χ0) is 15.1. The minimum atomic E-state index is -0.225. The molecule has 4 nitrogen and oxygen atoms in total. The molecule has 0 aliphatic carbocycles. The number of rotatable bonds is 5. The van der Waals surface area contributed by atoms with E-state index in [0.29, 0.717) is 6.54 Å². The fourth-order valence-corrected chi connectivity index (χ4v) is 2.75. The highest BCUT2D eigenvalue weighted by Gasteiger charge is 2.22. The highest BCUT2D eigenvalue weighted by molar-refractivity contribution is 6.31. The summed E-state index contributed by atoms with van der Waals surface area (Å²) in [5.41, 5.74) is 1.18.